The lowest BCUT2D eigenvalue weighted by Crippen LogP contribution is -2.50. The van der Waals surface area contributed by atoms with E-state index in [2.05, 4.69) is 55.6 Å². The van der Waals surface area contributed by atoms with Crippen LogP contribution in [-0.4, -0.2) is 58.3 Å². The number of hydrogen-bond donors (Lipinski definition) is 4. The number of epoxide rings is 1. The Hall–Kier alpha value is -1.47. The van der Waals surface area contributed by atoms with Crippen molar-refractivity contribution in [2.24, 2.45) is 0 Å². The first-order valence-corrected chi connectivity index (χ1v) is 18.4. The largest absolute Gasteiger partial charge is 0.394 e. The van der Waals surface area contributed by atoms with Gasteiger partial charge in [0.05, 0.1) is 31.0 Å². The third kappa shape index (κ3) is 23.0. The number of nitrogens with one attached hydrogen (secondary N) is 1. The molecule has 1 fully saturated rings. The molecule has 0 saturated carbocycles. The molecule has 0 aromatic carbocycles. The first kappa shape index (κ1) is 40.6. The molecule has 0 radical (unpaired) electrons. The fourth-order valence-electron chi connectivity index (χ4n) is 5.61. The van der Waals surface area contributed by atoms with Gasteiger partial charge in [0.2, 0.25) is 5.91 Å². The SMILES string of the molecule is CCCCC/C=C\CC1OC1C/C=C\C/C=C\CCCC(=O)N[C@@H](CO)[C@@H](O)[C@H](O)CCCCCCCCCCCCCC. The van der Waals surface area contributed by atoms with Gasteiger partial charge in [0.25, 0.3) is 0 Å². The Morgan fingerprint density at radius 3 is 1.80 bits per heavy atom. The summed E-state index contributed by atoms with van der Waals surface area (Å²) >= 11 is 0. The van der Waals surface area contributed by atoms with Crippen molar-refractivity contribution in [2.75, 3.05) is 6.61 Å². The van der Waals surface area contributed by atoms with Gasteiger partial charge >= 0.3 is 0 Å². The van der Waals surface area contributed by atoms with Gasteiger partial charge in [-0.2, -0.15) is 0 Å². The fourth-order valence-corrected chi connectivity index (χ4v) is 5.61. The van der Waals surface area contributed by atoms with E-state index in [0.29, 0.717) is 31.5 Å². The molecule has 2 unspecified atom stereocenters. The van der Waals surface area contributed by atoms with Gasteiger partial charge in [-0.05, 0) is 51.4 Å². The Morgan fingerprint density at radius 1 is 0.682 bits per heavy atom. The third-order valence-corrected chi connectivity index (χ3v) is 8.65. The maximum Gasteiger partial charge on any atom is 0.220 e. The fraction of sp³-hybridized carbons (Fsp3) is 0.816. The number of carbonyl (C=O) groups excluding carboxylic acids is 1. The normalized spacial score (nSPS) is 18.8. The van der Waals surface area contributed by atoms with E-state index >= 15 is 0 Å². The van der Waals surface area contributed by atoms with Crippen LogP contribution in [0.5, 0.6) is 0 Å². The van der Waals surface area contributed by atoms with E-state index in [1.54, 1.807) is 0 Å². The topological polar surface area (TPSA) is 102 Å². The van der Waals surface area contributed by atoms with E-state index in [9.17, 15) is 20.1 Å². The highest BCUT2D eigenvalue weighted by Crippen LogP contribution is 2.29. The van der Waals surface area contributed by atoms with Crippen molar-refractivity contribution in [3.05, 3.63) is 36.5 Å². The summed E-state index contributed by atoms with van der Waals surface area (Å²) in [6, 6.07) is -0.840. The maximum atomic E-state index is 12.3. The molecule has 1 amide bonds. The predicted octanol–water partition coefficient (Wildman–Crippen LogP) is 8.63. The van der Waals surface area contributed by atoms with Crippen molar-refractivity contribution < 1.29 is 24.9 Å². The molecule has 256 valence electrons. The van der Waals surface area contributed by atoms with Crippen molar-refractivity contribution >= 4 is 5.91 Å². The van der Waals surface area contributed by atoms with Gasteiger partial charge in [-0.1, -0.05) is 140 Å². The Labute approximate surface area is 270 Å². The summed E-state index contributed by atoms with van der Waals surface area (Å²) in [5.41, 5.74) is 0. The van der Waals surface area contributed by atoms with Crippen LogP contribution < -0.4 is 5.32 Å². The van der Waals surface area contributed by atoms with Gasteiger partial charge < -0.3 is 25.4 Å². The summed E-state index contributed by atoms with van der Waals surface area (Å²) in [5.74, 6) is -0.205. The van der Waals surface area contributed by atoms with E-state index < -0.39 is 24.9 Å². The minimum absolute atomic E-state index is 0.205. The number of unbranched alkanes of at least 4 members (excludes halogenated alkanes) is 15. The number of hydrogen-bond acceptors (Lipinski definition) is 5. The highest BCUT2D eigenvalue weighted by Gasteiger charge is 2.36. The minimum Gasteiger partial charge on any atom is -0.394 e. The van der Waals surface area contributed by atoms with Gasteiger partial charge in [-0.3, -0.25) is 4.79 Å². The third-order valence-electron chi connectivity index (χ3n) is 8.65. The van der Waals surface area contributed by atoms with Crippen LogP contribution in [0, 0.1) is 0 Å². The summed E-state index contributed by atoms with van der Waals surface area (Å²) < 4.78 is 5.74. The summed E-state index contributed by atoms with van der Waals surface area (Å²) in [6.07, 6.45) is 36.9. The molecule has 0 spiro atoms. The van der Waals surface area contributed by atoms with Crippen LogP contribution in [0.1, 0.15) is 162 Å². The van der Waals surface area contributed by atoms with E-state index in [1.165, 1.54) is 83.5 Å². The molecule has 0 aromatic heterocycles. The average molecular weight is 620 g/mol. The highest BCUT2D eigenvalue weighted by molar-refractivity contribution is 5.76. The molecule has 6 nitrogen and oxygen atoms in total. The van der Waals surface area contributed by atoms with Crippen LogP contribution in [0.25, 0.3) is 0 Å². The summed E-state index contributed by atoms with van der Waals surface area (Å²) in [4.78, 5) is 12.3. The van der Waals surface area contributed by atoms with Crippen LogP contribution in [0.4, 0.5) is 0 Å². The number of allylic oxidation sites excluding steroid dienone is 4. The van der Waals surface area contributed by atoms with Gasteiger partial charge in [0.1, 0.15) is 6.10 Å². The predicted molar refractivity (Wildman–Crippen MR) is 185 cm³/mol. The number of aliphatic hydroxyl groups excluding tert-OH is 3. The average Bonchev–Trinajstić information content (AvgIpc) is 3.78. The van der Waals surface area contributed by atoms with Crippen molar-refractivity contribution in [2.45, 2.75) is 192 Å². The molecule has 1 heterocycles. The van der Waals surface area contributed by atoms with Crippen molar-refractivity contribution in [1.82, 2.24) is 5.32 Å². The van der Waals surface area contributed by atoms with Crippen LogP contribution in [-0.2, 0) is 9.53 Å². The molecule has 0 bridgehead atoms. The van der Waals surface area contributed by atoms with E-state index in [4.69, 9.17) is 4.74 Å². The molecule has 1 aliphatic rings. The monoisotopic (exact) mass is 620 g/mol. The maximum absolute atomic E-state index is 12.3. The lowest BCUT2D eigenvalue weighted by molar-refractivity contribution is -0.124. The second-order valence-electron chi connectivity index (χ2n) is 12.8. The van der Waals surface area contributed by atoms with Crippen LogP contribution >= 0.6 is 0 Å². The molecule has 0 aliphatic carbocycles. The molecule has 5 atom stereocenters. The molecule has 1 rings (SSSR count). The van der Waals surface area contributed by atoms with Gasteiger partial charge in [0, 0.05) is 6.42 Å². The highest BCUT2D eigenvalue weighted by atomic mass is 16.6. The van der Waals surface area contributed by atoms with Crippen molar-refractivity contribution in [1.29, 1.82) is 0 Å². The minimum atomic E-state index is -1.16. The smallest absolute Gasteiger partial charge is 0.220 e. The van der Waals surface area contributed by atoms with E-state index in [0.717, 1.165) is 44.9 Å². The molecule has 0 aromatic rings. The first-order chi connectivity index (χ1) is 21.5. The zero-order valence-corrected chi connectivity index (χ0v) is 28.5. The summed E-state index contributed by atoms with van der Waals surface area (Å²) in [7, 11) is 0. The zero-order chi connectivity index (χ0) is 32.1. The number of carbonyl (C=O) groups is 1. The molecule has 6 heteroatoms. The molecule has 1 aliphatic heterocycles. The molecular weight excluding hydrogens is 550 g/mol. The molecule has 4 N–H and O–H groups in total. The van der Waals surface area contributed by atoms with Crippen molar-refractivity contribution in [3.63, 3.8) is 0 Å². The van der Waals surface area contributed by atoms with Crippen LogP contribution in [0.3, 0.4) is 0 Å². The molecule has 1 saturated heterocycles. The van der Waals surface area contributed by atoms with E-state index in [-0.39, 0.29) is 5.91 Å². The van der Waals surface area contributed by atoms with Gasteiger partial charge in [0.15, 0.2) is 0 Å². The summed E-state index contributed by atoms with van der Waals surface area (Å²) in [5, 5.41) is 33.3. The second-order valence-corrected chi connectivity index (χ2v) is 12.8. The quantitative estimate of drug-likeness (QED) is 0.0353. The second kappa shape index (κ2) is 29.0. The lowest BCUT2D eigenvalue weighted by atomic mass is 9.99. The first-order valence-electron chi connectivity index (χ1n) is 18.4. The van der Waals surface area contributed by atoms with Crippen LogP contribution in [0.15, 0.2) is 36.5 Å². The Bertz CT molecular complexity index is 752. The van der Waals surface area contributed by atoms with Crippen molar-refractivity contribution in [3.8, 4) is 0 Å². The zero-order valence-electron chi connectivity index (χ0n) is 28.5. The molecule has 44 heavy (non-hydrogen) atoms. The van der Waals surface area contributed by atoms with Gasteiger partial charge in [-0.25, -0.2) is 0 Å². The standard InChI is InChI=1S/C38H69NO5/c1-3-5-7-9-11-12-13-14-15-17-20-24-28-34(41)38(43)33(32-40)39-37(42)31-27-23-19-16-18-22-26-30-36-35(44-36)29-25-21-10-8-6-4-2/h16,19,21-22,25-26,33-36,38,40-41,43H,3-15,17-18,20,23-24,27-32H2,1-2H3,(H,39,42)/b19-16-,25-21-,26-22-/t33-,34+,35?,36?,38+/m0/s1. The number of ether oxygens (including phenoxy) is 1. The van der Waals surface area contributed by atoms with E-state index in [1.807, 2.05) is 0 Å². The van der Waals surface area contributed by atoms with Gasteiger partial charge in [-0.15, -0.1) is 0 Å². The number of aliphatic hydroxyl groups is 3. The summed E-state index contributed by atoms with van der Waals surface area (Å²) in [6.45, 7) is 4.09. The lowest BCUT2D eigenvalue weighted by Gasteiger charge is -2.26. The Kier molecular flexibility index (Phi) is 26.7. The Balaban J connectivity index is 2.03. The number of rotatable bonds is 31. The molecular formula is C38H69NO5. The van der Waals surface area contributed by atoms with Crippen LogP contribution in [0.2, 0.25) is 0 Å². The Morgan fingerprint density at radius 2 is 1.18 bits per heavy atom. The number of amides is 1.